The molecule has 0 spiro atoms. The Morgan fingerprint density at radius 2 is 1.92 bits per heavy atom. The average molecular weight is 501 g/mol. The van der Waals surface area contributed by atoms with E-state index in [2.05, 4.69) is 42.0 Å². The van der Waals surface area contributed by atoms with Crippen molar-refractivity contribution >= 4 is 11.7 Å². The number of piperidine rings is 1. The topological polar surface area (TPSA) is 93.8 Å². The molecule has 3 aromatic heterocycles. The minimum atomic E-state index is -0.584. The van der Waals surface area contributed by atoms with Gasteiger partial charge < -0.3 is 19.4 Å². The van der Waals surface area contributed by atoms with Gasteiger partial charge in [-0.2, -0.15) is 0 Å². The van der Waals surface area contributed by atoms with Crippen molar-refractivity contribution in [3.8, 4) is 17.2 Å². The number of aromatic nitrogens is 6. The number of nitrogens with zero attached hydrogens (tertiary/aromatic N) is 7. The molecule has 0 atom stereocenters. The lowest BCUT2D eigenvalue weighted by Gasteiger charge is -2.30. The second-order valence-electron chi connectivity index (χ2n) is 10.1. The van der Waals surface area contributed by atoms with Crippen molar-refractivity contribution in [2.45, 2.75) is 44.6 Å². The molecule has 37 heavy (non-hydrogen) atoms. The highest BCUT2D eigenvalue weighted by Crippen LogP contribution is 2.39. The van der Waals surface area contributed by atoms with E-state index < -0.39 is 11.7 Å². The van der Waals surface area contributed by atoms with Gasteiger partial charge in [0, 0.05) is 18.2 Å². The largest absolute Gasteiger partial charge is 0.309 e. The van der Waals surface area contributed by atoms with Gasteiger partial charge in [-0.25, -0.2) is 14.4 Å². The number of amides is 1. The van der Waals surface area contributed by atoms with Crippen LogP contribution in [0.2, 0.25) is 0 Å². The number of hydrogen-bond acceptors (Lipinski definition) is 6. The molecule has 4 heterocycles. The first-order valence-electron chi connectivity index (χ1n) is 12.7. The molecule has 1 aromatic carbocycles. The first kappa shape index (κ1) is 23.5. The number of hydrogen-bond donors (Lipinski definition) is 1. The first-order valence-corrected chi connectivity index (χ1v) is 12.7. The van der Waals surface area contributed by atoms with Gasteiger partial charge in [0.2, 0.25) is 0 Å². The number of carbonyl (C=O) groups excluding carboxylic acids is 1. The summed E-state index contributed by atoms with van der Waals surface area (Å²) in [6.45, 7) is 3.84. The highest BCUT2D eigenvalue weighted by Gasteiger charge is 2.26. The summed E-state index contributed by atoms with van der Waals surface area (Å²) in [5, 5.41) is 11.2. The van der Waals surface area contributed by atoms with Crippen LogP contribution in [-0.4, -0.2) is 60.2 Å². The normalized spacial score (nSPS) is 16.7. The molecule has 1 saturated heterocycles. The number of pyridine rings is 1. The monoisotopic (exact) mass is 500 g/mol. The van der Waals surface area contributed by atoms with Crippen LogP contribution in [0.4, 0.5) is 10.2 Å². The number of benzene rings is 1. The summed E-state index contributed by atoms with van der Waals surface area (Å²) in [7, 11) is 2.12. The summed E-state index contributed by atoms with van der Waals surface area (Å²) in [5.41, 5.74) is 3.03. The molecule has 0 bridgehead atoms. The van der Waals surface area contributed by atoms with Gasteiger partial charge in [-0.05, 0) is 82.6 Å². The summed E-state index contributed by atoms with van der Waals surface area (Å²) in [6.07, 6.45) is 9.73. The zero-order chi connectivity index (χ0) is 25.5. The van der Waals surface area contributed by atoms with Crippen LogP contribution in [0.3, 0.4) is 0 Å². The maximum atomic E-state index is 14.9. The van der Waals surface area contributed by atoms with Gasteiger partial charge in [0.15, 0.2) is 5.82 Å². The molecular formula is C27H29FN8O. The Balaban J connectivity index is 1.24. The molecule has 1 amide bonds. The number of imidazole rings is 1. The van der Waals surface area contributed by atoms with E-state index in [-0.39, 0.29) is 5.56 Å². The summed E-state index contributed by atoms with van der Waals surface area (Å²) >= 11 is 0. The van der Waals surface area contributed by atoms with Crippen LogP contribution in [0, 0.1) is 12.7 Å². The summed E-state index contributed by atoms with van der Waals surface area (Å²) in [4.78, 5) is 24.5. The van der Waals surface area contributed by atoms with Gasteiger partial charge in [0.05, 0.1) is 23.3 Å². The fourth-order valence-corrected chi connectivity index (χ4v) is 4.95. The van der Waals surface area contributed by atoms with Gasteiger partial charge in [-0.3, -0.25) is 4.79 Å². The maximum Gasteiger partial charge on any atom is 0.259 e. The van der Waals surface area contributed by atoms with Gasteiger partial charge in [-0.15, -0.1) is 10.2 Å². The smallest absolute Gasteiger partial charge is 0.259 e. The molecule has 0 radical (unpaired) electrons. The van der Waals surface area contributed by atoms with Crippen molar-refractivity contribution in [2.75, 3.05) is 25.5 Å². The van der Waals surface area contributed by atoms with Crippen LogP contribution in [0.1, 0.15) is 59.3 Å². The number of anilines is 1. The molecule has 1 aliphatic carbocycles. The Bertz CT molecular complexity index is 1450. The summed E-state index contributed by atoms with van der Waals surface area (Å²) in [5.74, 6) is 0.331. The number of aryl methyl sites for hydroxylation is 1. The molecule has 1 aliphatic heterocycles. The standard InChI is InChI=1S/C27H29FN8O/c1-17-12-21(28)20(13-24(17)35-14-23(29-15-35)18-6-7-18)27(37)32-25-5-3-4-22(31-25)26-33-30-16-36(26)19-8-10-34(2)11-9-19/h3-5,12-16,18-19H,6-11H2,1-2H3,(H,31,32,37). The van der Waals surface area contributed by atoms with Gasteiger partial charge in [-0.1, -0.05) is 6.07 Å². The van der Waals surface area contributed by atoms with E-state index in [0.717, 1.165) is 55.7 Å². The van der Waals surface area contributed by atoms with Gasteiger partial charge in [0.1, 0.15) is 23.7 Å². The minimum Gasteiger partial charge on any atom is -0.309 e. The molecule has 190 valence electrons. The van der Waals surface area contributed by atoms with Crippen molar-refractivity contribution in [3.05, 3.63) is 71.8 Å². The quantitative estimate of drug-likeness (QED) is 0.423. The first-order chi connectivity index (χ1) is 18.0. The van der Waals surface area contributed by atoms with E-state index in [4.69, 9.17) is 0 Å². The van der Waals surface area contributed by atoms with Crippen molar-refractivity contribution in [2.24, 2.45) is 0 Å². The van der Waals surface area contributed by atoms with Crippen LogP contribution < -0.4 is 5.32 Å². The van der Waals surface area contributed by atoms with E-state index in [1.165, 1.54) is 6.07 Å². The molecule has 9 nitrogen and oxygen atoms in total. The van der Waals surface area contributed by atoms with Crippen molar-refractivity contribution < 1.29 is 9.18 Å². The Kier molecular flexibility index (Phi) is 6.03. The Morgan fingerprint density at radius 3 is 2.70 bits per heavy atom. The molecule has 1 N–H and O–H groups in total. The molecule has 4 aromatic rings. The molecule has 2 aliphatic rings. The zero-order valence-corrected chi connectivity index (χ0v) is 20.9. The molecule has 10 heteroatoms. The fourth-order valence-electron chi connectivity index (χ4n) is 4.95. The highest BCUT2D eigenvalue weighted by atomic mass is 19.1. The van der Waals surface area contributed by atoms with Crippen molar-refractivity contribution in [3.63, 3.8) is 0 Å². The fraction of sp³-hybridized carbons (Fsp3) is 0.370. The lowest BCUT2D eigenvalue weighted by molar-refractivity contribution is 0.102. The van der Waals surface area contributed by atoms with Crippen LogP contribution in [0.5, 0.6) is 0 Å². The number of likely N-dealkylation sites (tertiary alicyclic amines) is 1. The predicted octanol–water partition coefficient (Wildman–Crippen LogP) is 4.37. The third-order valence-corrected chi connectivity index (χ3v) is 7.28. The second-order valence-corrected chi connectivity index (χ2v) is 10.1. The number of rotatable bonds is 6. The maximum absolute atomic E-state index is 14.9. The summed E-state index contributed by atoms with van der Waals surface area (Å²) in [6, 6.07) is 8.57. The lowest BCUT2D eigenvalue weighted by atomic mass is 10.1. The van der Waals surface area contributed by atoms with E-state index in [0.29, 0.717) is 29.3 Å². The highest BCUT2D eigenvalue weighted by molar-refractivity contribution is 6.04. The van der Waals surface area contributed by atoms with Crippen LogP contribution in [0.25, 0.3) is 17.2 Å². The SMILES string of the molecule is Cc1cc(F)c(C(=O)Nc2cccc(-c3nncn3C3CCN(C)CC3)n2)cc1-n1cnc(C2CC2)c1. The Hall–Kier alpha value is -3.92. The zero-order valence-electron chi connectivity index (χ0n) is 20.9. The average Bonchev–Trinajstić information content (AvgIpc) is 3.41. The molecular weight excluding hydrogens is 471 g/mol. The molecule has 1 saturated carbocycles. The molecule has 2 fully saturated rings. The van der Waals surface area contributed by atoms with Crippen LogP contribution in [0.15, 0.2) is 49.2 Å². The number of carbonyl (C=O) groups is 1. The molecule has 0 unspecified atom stereocenters. The van der Waals surface area contributed by atoms with Crippen molar-refractivity contribution in [1.29, 1.82) is 0 Å². The van der Waals surface area contributed by atoms with Crippen molar-refractivity contribution in [1.82, 2.24) is 34.2 Å². The minimum absolute atomic E-state index is 0.0519. The molecule has 6 rings (SSSR count). The lowest BCUT2D eigenvalue weighted by Crippen LogP contribution is -2.31. The van der Waals surface area contributed by atoms with Crippen LogP contribution >= 0.6 is 0 Å². The van der Waals surface area contributed by atoms with E-state index in [1.54, 1.807) is 30.9 Å². The second kappa shape index (κ2) is 9.51. The third-order valence-electron chi connectivity index (χ3n) is 7.28. The number of nitrogens with one attached hydrogen (secondary N) is 1. The Labute approximate surface area is 214 Å². The van der Waals surface area contributed by atoms with E-state index >= 15 is 0 Å². The third kappa shape index (κ3) is 4.76. The van der Waals surface area contributed by atoms with E-state index in [9.17, 15) is 9.18 Å². The number of halogens is 1. The van der Waals surface area contributed by atoms with Crippen LogP contribution in [-0.2, 0) is 0 Å². The Morgan fingerprint density at radius 1 is 1.11 bits per heavy atom. The summed E-state index contributed by atoms with van der Waals surface area (Å²) < 4.78 is 18.8. The predicted molar refractivity (Wildman–Crippen MR) is 137 cm³/mol. The van der Waals surface area contributed by atoms with Gasteiger partial charge >= 0.3 is 0 Å². The van der Waals surface area contributed by atoms with E-state index in [1.807, 2.05) is 23.8 Å². The van der Waals surface area contributed by atoms with Gasteiger partial charge in [0.25, 0.3) is 5.91 Å².